The molecule has 2 atom stereocenters. The van der Waals surface area contributed by atoms with Crippen LogP contribution >= 0.6 is 24.2 Å². The van der Waals surface area contributed by atoms with Crippen LogP contribution in [0.1, 0.15) is 26.2 Å². The van der Waals surface area contributed by atoms with Gasteiger partial charge < -0.3 is 4.74 Å². The highest BCUT2D eigenvalue weighted by Crippen LogP contribution is 2.33. The van der Waals surface area contributed by atoms with Crippen molar-refractivity contribution in [1.82, 2.24) is 5.32 Å². The van der Waals surface area contributed by atoms with Gasteiger partial charge in [-0.2, -0.15) is 11.8 Å². The van der Waals surface area contributed by atoms with Gasteiger partial charge in [0, 0.05) is 18.2 Å². The molecule has 4 heteroatoms. The van der Waals surface area contributed by atoms with E-state index in [4.69, 9.17) is 4.74 Å². The number of ether oxygens (including phenoxy) is 1. The standard InChI is InChI=1S/C9H17NOS.ClH/c1-9(10-4-5-11-9)7-8-3-2-6-12-8;/h8,10H,2-7H2,1H3;1H. The molecule has 13 heavy (non-hydrogen) atoms. The van der Waals surface area contributed by atoms with E-state index in [0.717, 1.165) is 18.4 Å². The smallest absolute Gasteiger partial charge is 0.117 e. The van der Waals surface area contributed by atoms with E-state index < -0.39 is 0 Å². The van der Waals surface area contributed by atoms with Crippen LogP contribution in [0.5, 0.6) is 0 Å². The van der Waals surface area contributed by atoms with Gasteiger partial charge in [-0.25, -0.2) is 0 Å². The summed E-state index contributed by atoms with van der Waals surface area (Å²) in [6.45, 7) is 4.08. The van der Waals surface area contributed by atoms with Crippen LogP contribution in [0.3, 0.4) is 0 Å². The van der Waals surface area contributed by atoms with Crippen LogP contribution in [0, 0.1) is 0 Å². The zero-order chi connectivity index (χ0) is 8.44. The van der Waals surface area contributed by atoms with Crippen LogP contribution in [0.15, 0.2) is 0 Å². The van der Waals surface area contributed by atoms with Gasteiger partial charge >= 0.3 is 0 Å². The van der Waals surface area contributed by atoms with Crippen molar-refractivity contribution in [3.8, 4) is 0 Å². The molecule has 78 valence electrons. The molecule has 2 aliphatic rings. The van der Waals surface area contributed by atoms with Crippen LogP contribution < -0.4 is 5.32 Å². The fourth-order valence-corrected chi connectivity index (χ4v) is 3.45. The average Bonchev–Trinajstić information content (AvgIpc) is 2.62. The first-order valence-corrected chi connectivity index (χ1v) is 5.84. The molecule has 1 N–H and O–H groups in total. The first-order chi connectivity index (χ1) is 5.79. The van der Waals surface area contributed by atoms with Gasteiger partial charge in [-0.05, 0) is 25.5 Å². The highest BCUT2D eigenvalue weighted by atomic mass is 35.5. The number of rotatable bonds is 2. The molecule has 0 aromatic rings. The second kappa shape index (κ2) is 4.87. The first-order valence-electron chi connectivity index (χ1n) is 4.79. The molecule has 2 unspecified atom stereocenters. The van der Waals surface area contributed by atoms with Crippen LogP contribution in [0.2, 0.25) is 0 Å². The van der Waals surface area contributed by atoms with E-state index >= 15 is 0 Å². The van der Waals surface area contributed by atoms with E-state index in [0.29, 0.717) is 0 Å². The van der Waals surface area contributed by atoms with Crippen molar-refractivity contribution in [3.05, 3.63) is 0 Å². The highest BCUT2D eigenvalue weighted by Gasteiger charge is 2.33. The lowest BCUT2D eigenvalue weighted by Gasteiger charge is -2.26. The van der Waals surface area contributed by atoms with Crippen molar-refractivity contribution < 1.29 is 4.74 Å². The molecule has 2 aliphatic heterocycles. The van der Waals surface area contributed by atoms with E-state index in [2.05, 4.69) is 24.0 Å². The first kappa shape index (κ1) is 11.6. The maximum atomic E-state index is 5.68. The number of thioether (sulfide) groups is 1. The van der Waals surface area contributed by atoms with Gasteiger partial charge in [0.15, 0.2) is 0 Å². The molecule has 2 heterocycles. The third-order valence-corrected chi connectivity index (χ3v) is 4.06. The maximum absolute atomic E-state index is 5.68. The molecule has 2 fully saturated rings. The SMILES string of the molecule is CC1(CC2CCCS2)NCCO1.Cl. The lowest BCUT2D eigenvalue weighted by molar-refractivity contribution is -0.000742. The lowest BCUT2D eigenvalue weighted by Crippen LogP contribution is -2.39. The molecule has 2 saturated heterocycles. The number of hydrogen-bond acceptors (Lipinski definition) is 3. The average molecular weight is 224 g/mol. The number of halogens is 1. The Hall–Kier alpha value is 0.560. The Bertz CT molecular complexity index is 156. The Balaban J connectivity index is 0.000000845. The monoisotopic (exact) mass is 223 g/mol. The van der Waals surface area contributed by atoms with Crippen LogP contribution in [-0.2, 0) is 4.74 Å². The largest absolute Gasteiger partial charge is 0.360 e. The third-order valence-electron chi connectivity index (χ3n) is 2.66. The normalized spacial score (nSPS) is 39.0. The van der Waals surface area contributed by atoms with E-state index in [1.165, 1.54) is 25.0 Å². The lowest BCUT2D eigenvalue weighted by atomic mass is 10.1. The molecule has 0 aromatic heterocycles. The molecule has 0 saturated carbocycles. The van der Waals surface area contributed by atoms with Gasteiger partial charge in [-0.1, -0.05) is 0 Å². The minimum atomic E-state index is -0.0119. The van der Waals surface area contributed by atoms with E-state index in [-0.39, 0.29) is 18.1 Å². The summed E-state index contributed by atoms with van der Waals surface area (Å²) < 4.78 is 5.68. The minimum absolute atomic E-state index is 0. The van der Waals surface area contributed by atoms with Crippen LogP contribution in [-0.4, -0.2) is 29.9 Å². The summed E-state index contributed by atoms with van der Waals surface area (Å²) in [5.41, 5.74) is -0.0119. The molecular weight excluding hydrogens is 206 g/mol. The fraction of sp³-hybridized carbons (Fsp3) is 1.00. The highest BCUT2D eigenvalue weighted by molar-refractivity contribution is 8.00. The Morgan fingerprint density at radius 2 is 2.46 bits per heavy atom. The molecular formula is C9H18ClNOS. The predicted octanol–water partition coefficient (Wildman–Crippen LogP) is 2.03. The molecule has 2 rings (SSSR count). The summed E-state index contributed by atoms with van der Waals surface area (Å²) in [4.78, 5) is 0. The zero-order valence-electron chi connectivity index (χ0n) is 8.04. The summed E-state index contributed by atoms with van der Waals surface area (Å²) in [7, 11) is 0. The topological polar surface area (TPSA) is 21.3 Å². The quantitative estimate of drug-likeness (QED) is 0.774. The number of hydrogen-bond donors (Lipinski definition) is 1. The van der Waals surface area contributed by atoms with Gasteiger partial charge in [-0.3, -0.25) is 5.32 Å². The van der Waals surface area contributed by atoms with Gasteiger partial charge in [0.1, 0.15) is 5.72 Å². The summed E-state index contributed by atoms with van der Waals surface area (Å²) in [6.07, 6.45) is 3.95. The molecule has 0 spiro atoms. The third kappa shape index (κ3) is 3.01. The second-order valence-electron chi connectivity index (χ2n) is 3.85. The van der Waals surface area contributed by atoms with Crippen molar-refractivity contribution in [2.45, 2.75) is 37.2 Å². The molecule has 0 aliphatic carbocycles. The van der Waals surface area contributed by atoms with Crippen molar-refractivity contribution in [2.75, 3.05) is 18.9 Å². The van der Waals surface area contributed by atoms with Crippen molar-refractivity contribution >= 4 is 24.2 Å². The molecule has 0 bridgehead atoms. The number of nitrogens with one attached hydrogen (secondary N) is 1. The van der Waals surface area contributed by atoms with E-state index in [1.54, 1.807) is 0 Å². The van der Waals surface area contributed by atoms with Gasteiger partial charge in [-0.15, -0.1) is 12.4 Å². The van der Waals surface area contributed by atoms with E-state index in [1.807, 2.05) is 0 Å². The minimum Gasteiger partial charge on any atom is -0.360 e. The second-order valence-corrected chi connectivity index (χ2v) is 5.25. The van der Waals surface area contributed by atoms with Crippen molar-refractivity contribution in [2.24, 2.45) is 0 Å². The maximum Gasteiger partial charge on any atom is 0.117 e. The van der Waals surface area contributed by atoms with Gasteiger partial charge in [0.05, 0.1) is 6.61 Å². The summed E-state index contributed by atoms with van der Waals surface area (Å²) in [6, 6.07) is 0. The molecule has 0 amide bonds. The molecule has 2 nitrogen and oxygen atoms in total. The van der Waals surface area contributed by atoms with Crippen LogP contribution in [0.4, 0.5) is 0 Å². The van der Waals surface area contributed by atoms with E-state index in [9.17, 15) is 0 Å². The van der Waals surface area contributed by atoms with Gasteiger partial charge in [0.25, 0.3) is 0 Å². The Labute approximate surface area is 90.6 Å². The summed E-state index contributed by atoms with van der Waals surface area (Å²) >= 11 is 2.11. The predicted molar refractivity (Wildman–Crippen MR) is 59.7 cm³/mol. The Morgan fingerprint density at radius 1 is 1.62 bits per heavy atom. The summed E-state index contributed by atoms with van der Waals surface area (Å²) in [5, 5.41) is 4.26. The Kier molecular flexibility index (Phi) is 4.36. The van der Waals surface area contributed by atoms with Crippen molar-refractivity contribution in [3.63, 3.8) is 0 Å². The summed E-state index contributed by atoms with van der Waals surface area (Å²) in [5.74, 6) is 1.35. The van der Waals surface area contributed by atoms with Crippen LogP contribution in [0.25, 0.3) is 0 Å². The van der Waals surface area contributed by atoms with Gasteiger partial charge in [0.2, 0.25) is 0 Å². The molecule has 0 radical (unpaired) electrons. The van der Waals surface area contributed by atoms with Crippen molar-refractivity contribution in [1.29, 1.82) is 0 Å². The fourth-order valence-electron chi connectivity index (χ4n) is 2.01. The Morgan fingerprint density at radius 3 is 3.00 bits per heavy atom. The zero-order valence-corrected chi connectivity index (χ0v) is 9.68. The molecule has 0 aromatic carbocycles.